The smallest absolute Gasteiger partial charge is 0.0452 e. The number of hydrogen-bond acceptors (Lipinski definition) is 0. The highest BCUT2D eigenvalue weighted by Crippen LogP contribution is 2.24. The summed E-state index contributed by atoms with van der Waals surface area (Å²) in [6, 6.07) is 17.3. The van der Waals surface area contributed by atoms with Crippen LogP contribution in [0, 0.1) is 0 Å². The predicted molar refractivity (Wildman–Crippen MR) is 112 cm³/mol. The van der Waals surface area contributed by atoms with Crippen LogP contribution in [0.2, 0.25) is 0 Å². The van der Waals surface area contributed by atoms with Gasteiger partial charge in [-0.15, -0.1) is 0 Å². The van der Waals surface area contributed by atoms with E-state index < -0.39 is 0 Å². The molecule has 0 saturated heterocycles. The molecule has 0 bridgehead atoms. The van der Waals surface area contributed by atoms with Crippen molar-refractivity contribution in [3.05, 3.63) is 84.4 Å². The van der Waals surface area contributed by atoms with E-state index in [1.54, 1.807) is 0 Å². The van der Waals surface area contributed by atoms with E-state index in [0.717, 1.165) is 0 Å². The molecule has 0 aliphatic carbocycles. The molecule has 2 nitrogen and oxygen atoms in total. The lowest BCUT2D eigenvalue weighted by molar-refractivity contribution is 0.589. The standard InChI is InChI=1S/2C12H15N/c2*1-12(2,3)10-6-8-13-7-4-5-11(13)9-10/h2*4-9H,1-3H3. The van der Waals surface area contributed by atoms with E-state index in [-0.39, 0.29) is 10.8 Å². The van der Waals surface area contributed by atoms with Crippen LogP contribution in [0.15, 0.2) is 73.3 Å². The minimum Gasteiger partial charge on any atom is -0.324 e. The maximum atomic E-state index is 2.25. The van der Waals surface area contributed by atoms with Gasteiger partial charge in [0.05, 0.1) is 0 Å². The minimum atomic E-state index is 0.242. The topological polar surface area (TPSA) is 8.82 Å². The van der Waals surface area contributed by atoms with Gasteiger partial charge in [0.2, 0.25) is 0 Å². The molecular weight excluding hydrogens is 316 g/mol. The van der Waals surface area contributed by atoms with Crippen molar-refractivity contribution in [1.29, 1.82) is 0 Å². The maximum absolute atomic E-state index is 2.25. The molecule has 0 saturated carbocycles. The summed E-state index contributed by atoms with van der Waals surface area (Å²) < 4.78 is 4.27. The molecule has 0 radical (unpaired) electrons. The average Bonchev–Trinajstić information content (AvgIpc) is 3.21. The number of hydrogen-bond donors (Lipinski definition) is 0. The summed E-state index contributed by atoms with van der Waals surface area (Å²) in [7, 11) is 0. The van der Waals surface area contributed by atoms with Crippen LogP contribution in [0.25, 0.3) is 11.0 Å². The summed E-state index contributed by atoms with van der Waals surface area (Å²) in [5.74, 6) is 0. The van der Waals surface area contributed by atoms with Crippen LogP contribution >= 0.6 is 0 Å². The Bertz CT molecular complexity index is 920. The number of nitrogens with zero attached hydrogens (tertiary/aromatic N) is 2. The minimum absolute atomic E-state index is 0.242. The molecule has 0 fully saturated rings. The van der Waals surface area contributed by atoms with Crippen LogP contribution in [0.5, 0.6) is 0 Å². The van der Waals surface area contributed by atoms with Gasteiger partial charge in [0.25, 0.3) is 0 Å². The zero-order valence-corrected chi connectivity index (χ0v) is 16.8. The largest absolute Gasteiger partial charge is 0.324 e. The van der Waals surface area contributed by atoms with Crippen molar-refractivity contribution in [2.24, 2.45) is 0 Å². The molecule has 26 heavy (non-hydrogen) atoms. The third-order valence-electron chi connectivity index (χ3n) is 4.79. The van der Waals surface area contributed by atoms with Gasteiger partial charge in [-0.1, -0.05) is 41.5 Å². The number of pyridine rings is 2. The first kappa shape index (κ1) is 18.3. The maximum Gasteiger partial charge on any atom is 0.0452 e. The van der Waals surface area contributed by atoms with Crippen molar-refractivity contribution in [2.75, 3.05) is 0 Å². The highest BCUT2D eigenvalue weighted by molar-refractivity contribution is 5.51. The van der Waals surface area contributed by atoms with Gasteiger partial charge in [-0.25, -0.2) is 0 Å². The van der Waals surface area contributed by atoms with E-state index in [2.05, 4.69) is 124 Å². The van der Waals surface area contributed by atoms with Crippen LogP contribution in [-0.2, 0) is 10.8 Å². The van der Waals surface area contributed by atoms with E-state index in [4.69, 9.17) is 0 Å². The van der Waals surface area contributed by atoms with Crippen molar-refractivity contribution < 1.29 is 0 Å². The van der Waals surface area contributed by atoms with Gasteiger partial charge in [-0.2, -0.15) is 0 Å². The molecule has 4 heterocycles. The molecular formula is C24H30N2. The van der Waals surface area contributed by atoms with Crippen LogP contribution < -0.4 is 0 Å². The van der Waals surface area contributed by atoms with Crippen molar-refractivity contribution in [3.8, 4) is 0 Å². The van der Waals surface area contributed by atoms with Crippen molar-refractivity contribution >= 4 is 11.0 Å². The summed E-state index contributed by atoms with van der Waals surface area (Å²) in [5.41, 5.74) is 5.80. The first-order valence-corrected chi connectivity index (χ1v) is 9.29. The zero-order valence-electron chi connectivity index (χ0n) is 16.8. The highest BCUT2D eigenvalue weighted by atomic mass is 14.8. The molecule has 0 spiro atoms. The van der Waals surface area contributed by atoms with Crippen LogP contribution in [-0.4, -0.2) is 8.80 Å². The lowest BCUT2D eigenvalue weighted by atomic mass is 9.87. The summed E-state index contributed by atoms with van der Waals surface area (Å²) in [6.45, 7) is 13.4. The van der Waals surface area contributed by atoms with Gasteiger partial charge in [0, 0.05) is 35.8 Å². The normalized spacial score (nSPS) is 12.2. The lowest BCUT2D eigenvalue weighted by Gasteiger charge is -2.18. The molecule has 0 atom stereocenters. The quantitative estimate of drug-likeness (QED) is 0.345. The third kappa shape index (κ3) is 4.01. The Hall–Kier alpha value is -2.48. The summed E-state index contributed by atoms with van der Waals surface area (Å²) >= 11 is 0. The fourth-order valence-corrected chi connectivity index (χ4v) is 3.00. The van der Waals surface area contributed by atoms with Crippen LogP contribution in [0.1, 0.15) is 52.7 Å². The Kier molecular flexibility index (Phi) is 4.70. The van der Waals surface area contributed by atoms with Crippen molar-refractivity contribution in [2.45, 2.75) is 52.4 Å². The zero-order chi connectivity index (χ0) is 18.9. The van der Waals surface area contributed by atoms with E-state index in [0.29, 0.717) is 0 Å². The summed E-state index contributed by atoms with van der Waals surface area (Å²) in [6.07, 6.45) is 8.38. The van der Waals surface area contributed by atoms with Gasteiger partial charge in [0.15, 0.2) is 0 Å². The van der Waals surface area contributed by atoms with Crippen LogP contribution in [0.3, 0.4) is 0 Å². The molecule has 2 heteroatoms. The molecule has 0 aliphatic rings. The molecule has 0 N–H and O–H groups in total. The lowest BCUT2D eigenvalue weighted by Crippen LogP contribution is -2.10. The first-order chi connectivity index (χ1) is 12.1. The molecule has 0 aliphatic heterocycles. The number of rotatable bonds is 0. The Morgan fingerprint density at radius 2 is 0.923 bits per heavy atom. The van der Waals surface area contributed by atoms with Gasteiger partial charge >= 0.3 is 0 Å². The monoisotopic (exact) mass is 346 g/mol. The van der Waals surface area contributed by atoms with Gasteiger partial charge in [-0.3, -0.25) is 0 Å². The van der Waals surface area contributed by atoms with E-state index in [1.807, 2.05) is 0 Å². The highest BCUT2D eigenvalue weighted by Gasteiger charge is 2.14. The van der Waals surface area contributed by atoms with Gasteiger partial charge in [0.1, 0.15) is 0 Å². The van der Waals surface area contributed by atoms with Gasteiger partial charge < -0.3 is 8.80 Å². The first-order valence-electron chi connectivity index (χ1n) is 9.29. The second kappa shape index (κ2) is 6.68. The van der Waals surface area contributed by atoms with Crippen molar-refractivity contribution in [3.63, 3.8) is 0 Å². The molecule has 4 aromatic rings. The SMILES string of the molecule is CC(C)(C)c1ccn2cccc2c1.CC(C)(C)c1ccn2cccc2c1. The summed E-state index contributed by atoms with van der Waals surface area (Å²) in [4.78, 5) is 0. The Morgan fingerprint density at radius 1 is 0.538 bits per heavy atom. The Morgan fingerprint density at radius 3 is 1.27 bits per heavy atom. The molecule has 4 aromatic heterocycles. The molecule has 4 rings (SSSR count). The molecule has 0 unspecified atom stereocenters. The number of aromatic nitrogens is 2. The number of fused-ring (bicyclic) bond motifs is 2. The Labute approximate surface area is 157 Å². The molecule has 136 valence electrons. The third-order valence-corrected chi connectivity index (χ3v) is 4.79. The van der Waals surface area contributed by atoms with E-state index in [9.17, 15) is 0 Å². The fraction of sp³-hybridized carbons (Fsp3) is 0.333. The Balaban J connectivity index is 0.000000151. The molecule has 0 aromatic carbocycles. The van der Waals surface area contributed by atoms with Gasteiger partial charge in [-0.05, 0) is 70.5 Å². The van der Waals surface area contributed by atoms with E-state index in [1.165, 1.54) is 22.2 Å². The van der Waals surface area contributed by atoms with E-state index >= 15 is 0 Å². The fourth-order valence-electron chi connectivity index (χ4n) is 3.00. The second-order valence-electron chi connectivity index (χ2n) is 9.01. The average molecular weight is 347 g/mol. The second-order valence-corrected chi connectivity index (χ2v) is 9.01. The van der Waals surface area contributed by atoms with Crippen LogP contribution in [0.4, 0.5) is 0 Å². The predicted octanol–water partition coefficient (Wildman–Crippen LogP) is 6.47. The summed E-state index contributed by atoms with van der Waals surface area (Å²) in [5, 5.41) is 0. The van der Waals surface area contributed by atoms with Crippen molar-refractivity contribution in [1.82, 2.24) is 8.80 Å². The molecule has 0 amide bonds.